The molecular weight excluding hydrogens is 268 g/mol. The van der Waals surface area contributed by atoms with Gasteiger partial charge in [0.2, 0.25) is 0 Å². The molecular formula is C13H21ClN2OS. The second kappa shape index (κ2) is 6.55. The number of hydrogen-bond donors (Lipinski definition) is 1. The number of hydrogen-bond acceptors (Lipinski definition) is 3. The molecule has 0 saturated carbocycles. The maximum atomic E-state index is 12.4. The highest BCUT2D eigenvalue weighted by molar-refractivity contribution is 7.14. The van der Waals surface area contributed by atoms with Crippen LogP contribution < -0.4 is 5.73 Å². The van der Waals surface area contributed by atoms with E-state index in [-0.39, 0.29) is 24.4 Å². The van der Waals surface area contributed by atoms with Crippen LogP contribution in [0.25, 0.3) is 0 Å². The molecule has 0 aromatic carbocycles. The molecule has 1 atom stereocenters. The van der Waals surface area contributed by atoms with Gasteiger partial charge in [-0.25, -0.2) is 0 Å². The van der Waals surface area contributed by atoms with Gasteiger partial charge in [-0.2, -0.15) is 0 Å². The molecule has 2 heterocycles. The molecule has 5 heteroatoms. The highest BCUT2D eigenvalue weighted by atomic mass is 35.5. The average Bonchev–Trinajstić information content (AvgIpc) is 2.93. The van der Waals surface area contributed by atoms with Crippen molar-refractivity contribution in [2.24, 2.45) is 5.73 Å². The van der Waals surface area contributed by atoms with E-state index < -0.39 is 0 Å². The molecule has 1 unspecified atom stereocenters. The van der Waals surface area contributed by atoms with Gasteiger partial charge in [0.25, 0.3) is 5.91 Å². The van der Waals surface area contributed by atoms with Crippen molar-refractivity contribution in [1.29, 1.82) is 0 Å². The SMILES string of the molecule is CCc1sc(C(=O)N2CCCC2CN)cc1C.Cl. The Bertz CT molecular complexity index is 419. The molecule has 102 valence electrons. The lowest BCUT2D eigenvalue weighted by Gasteiger charge is -2.22. The summed E-state index contributed by atoms with van der Waals surface area (Å²) in [4.78, 5) is 16.5. The quantitative estimate of drug-likeness (QED) is 0.929. The summed E-state index contributed by atoms with van der Waals surface area (Å²) in [6, 6.07) is 2.27. The second-order valence-corrected chi connectivity index (χ2v) is 5.74. The monoisotopic (exact) mass is 288 g/mol. The van der Waals surface area contributed by atoms with Crippen molar-refractivity contribution in [3.8, 4) is 0 Å². The number of halogens is 1. The Labute approximate surface area is 119 Å². The largest absolute Gasteiger partial charge is 0.334 e. The molecule has 1 fully saturated rings. The van der Waals surface area contributed by atoms with Crippen LogP contribution in [0.5, 0.6) is 0 Å². The third kappa shape index (κ3) is 2.87. The molecule has 1 aliphatic rings. The highest BCUT2D eigenvalue weighted by Gasteiger charge is 2.29. The van der Waals surface area contributed by atoms with Crippen molar-refractivity contribution >= 4 is 29.7 Å². The third-order valence-corrected chi connectivity index (χ3v) is 4.83. The number of likely N-dealkylation sites (tertiary alicyclic amines) is 1. The second-order valence-electron chi connectivity index (χ2n) is 4.60. The van der Waals surface area contributed by atoms with Crippen LogP contribution in [-0.2, 0) is 6.42 Å². The smallest absolute Gasteiger partial charge is 0.264 e. The van der Waals surface area contributed by atoms with E-state index in [0.717, 1.165) is 30.7 Å². The minimum Gasteiger partial charge on any atom is -0.334 e. The molecule has 3 nitrogen and oxygen atoms in total. The van der Waals surface area contributed by atoms with E-state index >= 15 is 0 Å². The predicted molar refractivity (Wildman–Crippen MR) is 78.8 cm³/mol. The predicted octanol–water partition coefficient (Wildman–Crippen LogP) is 2.60. The number of carbonyl (C=O) groups is 1. The zero-order valence-corrected chi connectivity index (χ0v) is 12.6. The van der Waals surface area contributed by atoms with E-state index in [0.29, 0.717) is 6.54 Å². The van der Waals surface area contributed by atoms with E-state index in [9.17, 15) is 4.79 Å². The topological polar surface area (TPSA) is 46.3 Å². The lowest BCUT2D eigenvalue weighted by Crippen LogP contribution is -2.39. The van der Waals surface area contributed by atoms with Gasteiger partial charge in [0.05, 0.1) is 4.88 Å². The van der Waals surface area contributed by atoms with E-state index in [1.807, 2.05) is 11.0 Å². The summed E-state index contributed by atoms with van der Waals surface area (Å²) in [6.07, 6.45) is 3.13. The Morgan fingerprint density at radius 3 is 2.89 bits per heavy atom. The van der Waals surface area contributed by atoms with Crippen LogP contribution in [0, 0.1) is 6.92 Å². The van der Waals surface area contributed by atoms with Crippen LogP contribution in [0.15, 0.2) is 6.07 Å². The van der Waals surface area contributed by atoms with Crippen LogP contribution in [0.3, 0.4) is 0 Å². The van der Waals surface area contributed by atoms with Crippen LogP contribution in [0.1, 0.15) is 39.9 Å². The fourth-order valence-corrected chi connectivity index (χ4v) is 3.54. The van der Waals surface area contributed by atoms with Crippen LogP contribution in [0.4, 0.5) is 0 Å². The van der Waals surface area contributed by atoms with Gasteiger partial charge in [-0.15, -0.1) is 23.7 Å². The molecule has 1 aromatic rings. The number of carbonyl (C=O) groups excluding carboxylic acids is 1. The van der Waals surface area contributed by atoms with Crippen molar-refractivity contribution in [2.45, 2.75) is 39.2 Å². The van der Waals surface area contributed by atoms with E-state index in [2.05, 4.69) is 13.8 Å². The first-order valence-electron chi connectivity index (χ1n) is 6.27. The first kappa shape index (κ1) is 15.5. The summed E-state index contributed by atoms with van der Waals surface area (Å²) in [5, 5.41) is 0. The van der Waals surface area contributed by atoms with Gasteiger partial charge in [0.15, 0.2) is 0 Å². The maximum absolute atomic E-state index is 12.4. The number of nitrogens with zero attached hydrogens (tertiary/aromatic N) is 1. The Balaban J connectivity index is 0.00000162. The summed E-state index contributed by atoms with van der Waals surface area (Å²) >= 11 is 1.63. The Morgan fingerprint density at radius 1 is 1.61 bits per heavy atom. The molecule has 1 aromatic heterocycles. The number of nitrogens with two attached hydrogens (primary N) is 1. The summed E-state index contributed by atoms with van der Waals surface area (Å²) in [6.45, 7) is 5.65. The molecule has 1 amide bonds. The molecule has 18 heavy (non-hydrogen) atoms. The van der Waals surface area contributed by atoms with Gasteiger partial charge >= 0.3 is 0 Å². The minimum atomic E-state index is 0. The first-order valence-corrected chi connectivity index (χ1v) is 7.09. The van der Waals surface area contributed by atoms with Crippen molar-refractivity contribution in [3.05, 3.63) is 21.4 Å². The van der Waals surface area contributed by atoms with Gasteiger partial charge in [-0.1, -0.05) is 6.92 Å². The third-order valence-electron chi connectivity index (χ3n) is 3.46. The molecule has 2 N–H and O–H groups in total. The van der Waals surface area contributed by atoms with Gasteiger partial charge in [-0.05, 0) is 37.8 Å². The summed E-state index contributed by atoms with van der Waals surface area (Å²) < 4.78 is 0. The van der Waals surface area contributed by atoms with Crippen LogP contribution >= 0.6 is 23.7 Å². The zero-order valence-electron chi connectivity index (χ0n) is 10.9. The van der Waals surface area contributed by atoms with Gasteiger partial charge in [0, 0.05) is 24.0 Å². The standard InChI is InChI=1S/C13H20N2OS.ClH/c1-3-11-9(2)7-12(17-11)13(16)15-6-4-5-10(15)8-14;/h7,10H,3-6,8,14H2,1-2H3;1H. The summed E-state index contributed by atoms with van der Waals surface area (Å²) in [5.41, 5.74) is 6.95. The van der Waals surface area contributed by atoms with E-state index in [1.165, 1.54) is 10.4 Å². The number of aryl methyl sites for hydroxylation is 2. The van der Waals surface area contributed by atoms with E-state index in [4.69, 9.17) is 5.73 Å². The molecule has 1 aliphatic heterocycles. The number of thiophene rings is 1. The maximum Gasteiger partial charge on any atom is 0.264 e. The minimum absolute atomic E-state index is 0. The van der Waals surface area contributed by atoms with Crippen LogP contribution in [0.2, 0.25) is 0 Å². The highest BCUT2D eigenvalue weighted by Crippen LogP contribution is 2.26. The van der Waals surface area contributed by atoms with E-state index in [1.54, 1.807) is 11.3 Å². The molecule has 2 rings (SSSR count). The van der Waals surface area contributed by atoms with Gasteiger partial charge in [0.1, 0.15) is 0 Å². The lowest BCUT2D eigenvalue weighted by atomic mass is 10.2. The molecule has 1 saturated heterocycles. The Kier molecular flexibility index (Phi) is 5.63. The van der Waals surface area contributed by atoms with Crippen molar-refractivity contribution in [2.75, 3.05) is 13.1 Å². The number of rotatable bonds is 3. The summed E-state index contributed by atoms with van der Waals surface area (Å²) in [5.74, 6) is 0.172. The fraction of sp³-hybridized carbons (Fsp3) is 0.615. The van der Waals surface area contributed by atoms with Crippen molar-refractivity contribution in [3.63, 3.8) is 0 Å². The zero-order chi connectivity index (χ0) is 12.4. The molecule has 0 radical (unpaired) electrons. The lowest BCUT2D eigenvalue weighted by molar-refractivity contribution is 0.0746. The fourth-order valence-electron chi connectivity index (χ4n) is 2.47. The molecule has 0 spiro atoms. The van der Waals surface area contributed by atoms with Gasteiger partial charge < -0.3 is 10.6 Å². The Morgan fingerprint density at radius 2 is 2.33 bits per heavy atom. The van der Waals surface area contributed by atoms with Gasteiger partial charge in [-0.3, -0.25) is 4.79 Å². The van der Waals surface area contributed by atoms with Crippen molar-refractivity contribution in [1.82, 2.24) is 4.90 Å². The normalized spacial score (nSPS) is 18.8. The Hall–Kier alpha value is -0.580. The molecule has 0 bridgehead atoms. The molecule has 0 aliphatic carbocycles. The van der Waals surface area contributed by atoms with Crippen LogP contribution in [-0.4, -0.2) is 29.9 Å². The first-order chi connectivity index (χ1) is 8.17. The van der Waals surface area contributed by atoms with Crippen molar-refractivity contribution < 1.29 is 4.79 Å². The summed E-state index contributed by atoms with van der Waals surface area (Å²) in [7, 11) is 0. The average molecular weight is 289 g/mol. The number of amides is 1.